The van der Waals surface area contributed by atoms with Crippen molar-refractivity contribution in [3.63, 3.8) is 0 Å². The van der Waals surface area contributed by atoms with Crippen LogP contribution in [0.15, 0.2) is 65.8 Å². The third-order valence-corrected chi connectivity index (χ3v) is 5.46. The van der Waals surface area contributed by atoms with Crippen LogP contribution in [0.2, 0.25) is 0 Å². The van der Waals surface area contributed by atoms with Crippen LogP contribution in [0.5, 0.6) is 0 Å². The number of ether oxygens (including phenoxy) is 4. The molecule has 2 aromatic rings. The number of benzene rings is 2. The fourth-order valence-electron chi connectivity index (χ4n) is 3.76. The van der Waals surface area contributed by atoms with Gasteiger partial charge >= 0.3 is 0 Å². The van der Waals surface area contributed by atoms with E-state index in [-0.39, 0.29) is 18.6 Å². The lowest BCUT2D eigenvalue weighted by Crippen LogP contribution is -2.56. The SMILES string of the molecule is C[C@@H]1C(OCc2ccccc2)C(O)OC(COCCCN=[N+]=[N-])[C@@H]1OCc1ccccc1. The van der Waals surface area contributed by atoms with E-state index in [2.05, 4.69) is 10.0 Å². The summed E-state index contributed by atoms with van der Waals surface area (Å²) in [5, 5.41) is 14.2. The van der Waals surface area contributed by atoms with Crippen LogP contribution in [0.25, 0.3) is 10.4 Å². The second kappa shape index (κ2) is 13.2. The van der Waals surface area contributed by atoms with Gasteiger partial charge in [0.05, 0.1) is 25.9 Å². The summed E-state index contributed by atoms with van der Waals surface area (Å²) in [6, 6.07) is 19.8. The Morgan fingerprint density at radius 1 is 0.969 bits per heavy atom. The number of aliphatic hydroxyl groups excluding tert-OH is 1. The highest BCUT2D eigenvalue weighted by atomic mass is 16.7. The Bertz CT molecular complexity index is 832. The molecule has 8 heteroatoms. The molecule has 3 rings (SSSR count). The Kier molecular flexibility index (Phi) is 9.97. The molecule has 8 nitrogen and oxygen atoms in total. The molecule has 0 bridgehead atoms. The van der Waals surface area contributed by atoms with Gasteiger partial charge in [0.25, 0.3) is 0 Å². The predicted molar refractivity (Wildman–Crippen MR) is 120 cm³/mol. The molecule has 0 aliphatic carbocycles. The van der Waals surface area contributed by atoms with Crippen LogP contribution in [-0.4, -0.2) is 49.5 Å². The van der Waals surface area contributed by atoms with Crippen molar-refractivity contribution in [1.82, 2.24) is 0 Å². The van der Waals surface area contributed by atoms with Gasteiger partial charge in [-0.05, 0) is 23.1 Å². The number of hydrogen-bond donors (Lipinski definition) is 1. The first-order valence-electron chi connectivity index (χ1n) is 10.9. The number of hydrogen-bond acceptors (Lipinski definition) is 6. The fraction of sp³-hybridized carbons (Fsp3) is 0.500. The highest BCUT2D eigenvalue weighted by Gasteiger charge is 2.44. The van der Waals surface area contributed by atoms with Crippen molar-refractivity contribution in [3.8, 4) is 0 Å². The summed E-state index contributed by atoms with van der Waals surface area (Å²) in [5.74, 6) is -0.122. The van der Waals surface area contributed by atoms with E-state index < -0.39 is 18.5 Å². The van der Waals surface area contributed by atoms with Crippen molar-refractivity contribution in [2.75, 3.05) is 19.8 Å². The van der Waals surface area contributed by atoms with E-state index in [0.717, 1.165) is 11.1 Å². The standard InChI is InChI=1S/C24H31N3O5/c1-18-22(30-15-19-9-4-2-5-10-19)21(17-29-14-8-13-26-27-25)32-24(28)23(18)31-16-20-11-6-3-7-12-20/h2-7,9-12,18,21-24,28H,8,13-17H2,1H3/t18-,21?,22+,23?,24?/m0/s1. The van der Waals surface area contributed by atoms with Gasteiger partial charge in [0.1, 0.15) is 12.2 Å². The van der Waals surface area contributed by atoms with Crippen LogP contribution in [0, 0.1) is 5.92 Å². The first kappa shape index (κ1) is 24.2. The monoisotopic (exact) mass is 441 g/mol. The van der Waals surface area contributed by atoms with Crippen LogP contribution >= 0.6 is 0 Å². The van der Waals surface area contributed by atoms with Gasteiger partial charge in [-0.2, -0.15) is 0 Å². The minimum absolute atomic E-state index is 0.122. The zero-order chi connectivity index (χ0) is 22.6. The van der Waals surface area contributed by atoms with Gasteiger partial charge in [-0.3, -0.25) is 0 Å². The molecule has 1 N–H and O–H groups in total. The lowest BCUT2D eigenvalue weighted by atomic mass is 9.90. The zero-order valence-corrected chi connectivity index (χ0v) is 18.3. The molecular formula is C24H31N3O5. The first-order chi connectivity index (χ1) is 15.7. The van der Waals surface area contributed by atoms with Crippen molar-refractivity contribution < 1.29 is 24.1 Å². The quantitative estimate of drug-likeness (QED) is 0.230. The molecule has 1 heterocycles. The summed E-state index contributed by atoms with van der Waals surface area (Å²) in [7, 11) is 0. The van der Waals surface area contributed by atoms with E-state index in [1.807, 2.05) is 67.6 Å². The maximum Gasteiger partial charge on any atom is 0.182 e. The summed E-state index contributed by atoms with van der Waals surface area (Å²) < 4.78 is 23.9. The fourth-order valence-corrected chi connectivity index (χ4v) is 3.76. The average molecular weight is 442 g/mol. The maximum absolute atomic E-state index is 10.6. The van der Waals surface area contributed by atoms with Gasteiger partial charge in [0.15, 0.2) is 6.29 Å². The van der Waals surface area contributed by atoms with E-state index in [1.165, 1.54) is 0 Å². The molecule has 0 radical (unpaired) electrons. The smallest absolute Gasteiger partial charge is 0.182 e. The zero-order valence-electron chi connectivity index (χ0n) is 18.3. The largest absolute Gasteiger partial charge is 0.379 e. The van der Waals surface area contributed by atoms with Crippen molar-refractivity contribution in [1.29, 1.82) is 0 Å². The highest BCUT2D eigenvalue weighted by molar-refractivity contribution is 5.14. The second-order valence-corrected chi connectivity index (χ2v) is 7.83. The Hall–Kier alpha value is -2.45. The summed E-state index contributed by atoms with van der Waals surface area (Å²) in [5.41, 5.74) is 10.4. The normalized spacial score (nSPS) is 25.2. The van der Waals surface area contributed by atoms with Crippen molar-refractivity contribution in [3.05, 3.63) is 82.2 Å². The third-order valence-electron chi connectivity index (χ3n) is 5.46. The van der Waals surface area contributed by atoms with Crippen LogP contribution < -0.4 is 0 Å². The molecule has 0 saturated carbocycles. The molecule has 1 aliphatic rings. The molecule has 1 fully saturated rings. The lowest BCUT2D eigenvalue weighted by Gasteiger charge is -2.43. The Balaban J connectivity index is 1.62. The van der Waals surface area contributed by atoms with E-state index in [1.54, 1.807) is 0 Å². The van der Waals surface area contributed by atoms with Crippen LogP contribution in [0.3, 0.4) is 0 Å². The molecule has 0 spiro atoms. The van der Waals surface area contributed by atoms with E-state index in [0.29, 0.717) is 32.8 Å². The molecule has 0 amide bonds. The topological polar surface area (TPSA) is 106 Å². The van der Waals surface area contributed by atoms with Crippen LogP contribution in [-0.2, 0) is 32.2 Å². The summed E-state index contributed by atoms with van der Waals surface area (Å²) >= 11 is 0. The molecule has 32 heavy (non-hydrogen) atoms. The first-order valence-corrected chi connectivity index (χ1v) is 10.9. The minimum Gasteiger partial charge on any atom is -0.379 e. The van der Waals surface area contributed by atoms with Gasteiger partial charge in [0.2, 0.25) is 0 Å². The number of rotatable bonds is 12. The average Bonchev–Trinajstić information content (AvgIpc) is 2.82. The van der Waals surface area contributed by atoms with Gasteiger partial charge in [0, 0.05) is 24.0 Å². The Morgan fingerprint density at radius 3 is 2.16 bits per heavy atom. The molecule has 5 atom stereocenters. The van der Waals surface area contributed by atoms with E-state index in [4.69, 9.17) is 24.5 Å². The minimum atomic E-state index is -1.08. The summed E-state index contributed by atoms with van der Waals surface area (Å²) in [4.78, 5) is 2.73. The Morgan fingerprint density at radius 2 is 1.56 bits per heavy atom. The van der Waals surface area contributed by atoms with Gasteiger partial charge in [-0.15, -0.1) is 0 Å². The molecule has 0 aromatic heterocycles. The van der Waals surface area contributed by atoms with Crippen LogP contribution in [0.1, 0.15) is 24.5 Å². The van der Waals surface area contributed by atoms with E-state index in [9.17, 15) is 5.11 Å². The molecule has 1 saturated heterocycles. The highest BCUT2D eigenvalue weighted by Crippen LogP contribution is 2.31. The van der Waals surface area contributed by atoms with Crippen LogP contribution in [0.4, 0.5) is 0 Å². The molecule has 172 valence electrons. The molecule has 1 aliphatic heterocycles. The number of aliphatic hydroxyl groups is 1. The van der Waals surface area contributed by atoms with Crippen molar-refractivity contribution in [2.45, 2.75) is 51.2 Å². The lowest BCUT2D eigenvalue weighted by molar-refractivity contribution is -0.294. The Labute approximate surface area is 188 Å². The van der Waals surface area contributed by atoms with Crippen molar-refractivity contribution in [2.24, 2.45) is 11.0 Å². The molecule has 3 unspecified atom stereocenters. The van der Waals surface area contributed by atoms with E-state index >= 15 is 0 Å². The van der Waals surface area contributed by atoms with Gasteiger partial charge in [-0.1, -0.05) is 72.7 Å². The molecule has 2 aromatic carbocycles. The number of azide groups is 1. The second-order valence-electron chi connectivity index (χ2n) is 7.83. The summed E-state index contributed by atoms with van der Waals surface area (Å²) in [6.45, 7) is 3.89. The predicted octanol–water partition coefficient (Wildman–Crippen LogP) is 4.23. The maximum atomic E-state index is 10.6. The molecular weight excluding hydrogens is 410 g/mol. The van der Waals surface area contributed by atoms with Gasteiger partial charge in [-0.25, -0.2) is 0 Å². The number of nitrogens with zero attached hydrogens (tertiary/aromatic N) is 3. The van der Waals surface area contributed by atoms with Gasteiger partial charge < -0.3 is 24.1 Å². The third kappa shape index (κ3) is 7.31. The summed E-state index contributed by atoms with van der Waals surface area (Å²) in [6.07, 6.45) is -1.76. The van der Waals surface area contributed by atoms with Crippen molar-refractivity contribution >= 4 is 0 Å².